The number of rotatable bonds is 7. The molecule has 1 aromatic carbocycles. The van der Waals surface area contributed by atoms with Crippen LogP contribution in [0, 0.1) is 5.92 Å². The summed E-state index contributed by atoms with van der Waals surface area (Å²) in [6.45, 7) is 3.96. The van der Waals surface area contributed by atoms with E-state index in [-0.39, 0.29) is 17.8 Å². The summed E-state index contributed by atoms with van der Waals surface area (Å²) in [4.78, 5) is 22.7. The van der Waals surface area contributed by atoms with Gasteiger partial charge in [-0.1, -0.05) is 0 Å². The third-order valence-electron chi connectivity index (χ3n) is 8.40. The van der Waals surface area contributed by atoms with Crippen LogP contribution >= 0.6 is 0 Å². The number of hydrogen-bond acceptors (Lipinski definition) is 8. The van der Waals surface area contributed by atoms with Crippen molar-refractivity contribution in [1.82, 2.24) is 24.8 Å². The van der Waals surface area contributed by atoms with E-state index in [1.54, 1.807) is 10.7 Å². The highest BCUT2D eigenvalue weighted by molar-refractivity contribution is 6.05. The smallest absolute Gasteiger partial charge is 0.256 e. The number of amides is 1. The Labute approximate surface area is 215 Å². The molecule has 2 aromatic heterocycles. The molecule has 0 bridgehead atoms. The Morgan fingerprint density at radius 2 is 2.00 bits per heavy atom. The fourth-order valence-electron chi connectivity index (χ4n) is 5.92. The van der Waals surface area contributed by atoms with Crippen LogP contribution in [0.25, 0.3) is 16.9 Å². The lowest BCUT2D eigenvalue weighted by atomic mass is 10.0. The number of aliphatic hydroxyl groups is 2. The Hall–Kier alpha value is -3.21. The molecule has 37 heavy (non-hydrogen) atoms. The van der Waals surface area contributed by atoms with E-state index >= 15 is 0 Å². The van der Waals surface area contributed by atoms with Crippen LogP contribution in [0.5, 0.6) is 0 Å². The van der Waals surface area contributed by atoms with Gasteiger partial charge in [0.15, 0.2) is 11.5 Å². The molecule has 2 saturated carbocycles. The van der Waals surface area contributed by atoms with Gasteiger partial charge in [-0.05, 0) is 68.7 Å². The molecule has 3 aromatic rings. The average Bonchev–Trinajstić information content (AvgIpc) is 3.79. The van der Waals surface area contributed by atoms with Gasteiger partial charge in [0.2, 0.25) is 0 Å². The summed E-state index contributed by atoms with van der Waals surface area (Å²) < 4.78 is 1.60. The fourth-order valence-corrected chi connectivity index (χ4v) is 5.92. The molecular weight excluding hydrogens is 470 g/mol. The molecule has 5 N–H and O–H groups in total. The summed E-state index contributed by atoms with van der Waals surface area (Å²) in [6, 6.07) is 6.49. The number of carbonyl (C=O) groups excluding carboxylic acids is 1. The summed E-state index contributed by atoms with van der Waals surface area (Å²) in [7, 11) is 0. The average molecular weight is 504 g/mol. The number of nitrogen functional groups attached to an aromatic ring is 1. The number of aromatic nitrogens is 3. The maximum atomic E-state index is 13.6. The highest BCUT2D eigenvalue weighted by atomic mass is 16.3. The number of hydrogen-bond donors (Lipinski definition) is 4. The van der Waals surface area contributed by atoms with E-state index in [1.807, 2.05) is 17.0 Å². The van der Waals surface area contributed by atoms with Gasteiger partial charge in [0.1, 0.15) is 6.23 Å². The number of benzene rings is 1. The third kappa shape index (κ3) is 3.94. The minimum atomic E-state index is -0.940. The van der Waals surface area contributed by atoms with Crippen LogP contribution in [0.1, 0.15) is 66.7 Å². The Kier molecular flexibility index (Phi) is 5.21. The Bertz CT molecular complexity index is 1400. The molecule has 2 aliphatic heterocycles. The second kappa shape index (κ2) is 8.41. The fraction of sp³-hybridized carbons (Fsp3) is 0.519. The van der Waals surface area contributed by atoms with Crippen LogP contribution in [-0.4, -0.2) is 66.9 Å². The molecule has 1 saturated heterocycles. The largest absolute Gasteiger partial charge is 0.391 e. The second-order valence-corrected chi connectivity index (χ2v) is 11.2. The van der Waals surface area contributed by atoms with Gasteiger partial charge in [0, 0.05) is 43.5 Å². The van der Waals surface area contributed by atoms with E-state index in [4.69, 9.17) is 10.7 Å². The van der Waals surface area contributed by atoms with Crippen molar-refractivity contribution in [3.8, 4) is 11.3 Å². The number of anilines is 2. The summed E-state index contributed by atoms with van der Waals surface area (Å²) in [5, 5.41) is 28.6. The topological polar surface area (TPSA) is 132 Å². The van der Waals surface area contributed by atoms with Crippen molar-refractivity contribution in [1.29, 1.82) is 0 Å². The van der Waals surface area contributed by atoms with Gasteiger partial charge in [0.25, 0.3) is 5.91 Å². The predicted molar refractivity (Wildman–Crippen MR) is 139 cm³/mol. The molecule has 3 atom stereocenters. The molecule has 4 aliphatic rings. The van der Waals surface area contributed by atoms with E-state index in [2.05, 4.69) is 28.3 Å². The summed E-state index contributed by atoms with van der Waals surface area (Å²) >= 11 is 0. The van der Waals surface area contributed by atoms with Gasteiger partial charge in [0.05, 0.1) is 28.6 Å². The van der Waals surface area contributed by atoms with E-state index < -0.39 is 12.3 Å². The number of nitrogens with two attached hydrogens (primary N) is 1. The molecule has 7 rings (SSSR count). The first-order chi connectivity index (χ1) is 17.9. The van der Waals surface area contributed by atoms with Gasteiger partial charge in [-0.15, -0.1) is 5.10 Å². The summed E-state index contributed by atoms with van der Waals surface area (Å²) in [5.74, 6) is 0.919. The van der Waals surface area contributed by atoms with Gasteiger partial charge in [-0.25, -0.2) is 9.50 Å². The number of nitrogens with one attached hydrogen (secondary N) is 1. The van der Waals surface area contributed by atoms with Crippen molar-refractivity contribution in [2.45, 2.75) is 70.0 Å². The lowest BCUT2D eigenvalue weighted by Gasteiger charge is -2.25. The first-order valence-electron chi connectivity index (χ1n) is 13.4. The van der Waals surface area contributed by atoms with Crippen LogP contribution in [0.4, 0.5) is 11.5 Å². The molecule has 4 heterocycles. The SMILES string of the molecule is C[C@@H](C1CC1)N1Cc2cc(-c3ccn4nc(N)c(C(O)NC5CC5)c4n3)cc(N3CC[C@H](O)C3)c2C1=O. The zero-order valence-electron chi connectivity index (χ0n) is 21.0. The molecule has 1 amide bonds. The molecular formula is C27H33N7O3. The zero-order valence-corrected chi connectivity index (χ0v) is 21.0. The normalized spacial score (nSPS) is 23.2. The standard InChI is InChI=1S/C27H33N7O3/c1-14(15-2-3-15)33-12-17-10-16(11-21(22(17)27(33)37)32-8-6-19(35)13-32)20-7-9-34-25(30-20)23(24(28)31-34)26(36)29-18-4-5-18/h7,9-11,14-15,18-19,26,29,35-36H,2-6,8,12-13H2,1H3,(H2,28,31)/t14-,19-,26?/m0/s1. The van der Waals surface area contributed by atoms with Crippen molar-refractivity contribution in [3.63, 3.8) is 0 Å². The molecule has 1 unspecified atom stereocenters. The minimum Gasteiger partial charge on any atom is -0.391 e. The van der Waals surface area contributed by atoms with Gasteiger partial charge < -0.3 is 25.7 Å². The summed E-state index contributed by atoms with van der Waals surface area (Å²) in [5.41, 5.74) is 11.4. The number of aliphatic hydroxyl groups excluding tert-OH is 2. The quantitative estimate of drug-likeness (QED) is 0.360. The van der Waals surface area contributed by atoms with Crippen LogP contribution in [0.2, 0.25) is 0 Å². The monoisotopic (exact) mass is 503 g/mol. The van der Waals surface area contributed by atoms with Crippen molar-refractivity contribution in [2.24, 2.45) is 5.92 Å². The van der Waals surface area contributed by atoms with Crippen molar-refractivity contribution >= 4 is 23.1 Å². The third-order valence-corrected chi connectivity index (χ3v) is 8.40. The molecule has 2 aliphatic carbocycles. The first kappa shape index (κ1) is 22.9. The second-order valence-electron chi connectivity index (χ2n) is 11.2. The Balaban J connectivity index is 1.31. The van der Waals surface area contributed by atoms with Crippen LogP contribution in [-0.2, 0) is 6.54 Å². The van der Waals surface area contributed by atoms with E-state index in [0.29, 0.717) is 49.2 Å². The highest BCUT2D eigenvalue weighted by Crippen LogP contribution is 2.42. The predicted octanol–water partition coefficient (Wildman–Crippen LogP) is 2.05. The lowest BCUT2D eigenvalue weighted by molar-refractivity contribution is 0.0698. The molecule has 10 heteroatoms. The maximum absolute atomic E-state index is 13.6. The number of carbonyl (C=O) groups is 1. The maximum Gasteiger partial charge on any atom is 0.256 e. The van der Waals surface area contributed by atoms with Gasteiger partial charge in [-0.2, -0.15) is 0 Å². The van der Waals surface area contributed by atoms with Gasteiger partial charge >= 0.3 is 0 Å². The highest BCUT2D eigenvalue weighted by Gasteiger charge is 2.41. The Morgan fingerprint density at radius 1 is 1.19 bits per heavy atom. The molecule has 0 spiro atoms. The zero-order chi connectivity index (χ0) is 25.4. The van der Waals surface area contributed by atoms with Crippen LogP contribution in [0.3, 0.4) is 0 Å². The molecule has 3 fully saturated rings. The molecule has 194 valence electrons. The van der Waals surface area contributed by atoms with Crippen molar-refractivity contribution in [2.75, 3.05) is 23.7 Å². The minimum absolute atomic E-state index is 0.0841. The van der Waals surface area contributed by atoms with E-state index in [9.17, 15) is 15.0 Å². The number of nitrogens with zero attached hydrogens (tertiary/aromatic N) is 5. The summed E-state index contributed by atoms with van der Waals surface area (Å²) in [6.07, 6.45) is 5.58. The van der Waals surface area contributed by atoms with Crippen molar-refractivity contribution in [3.05, 3.63) is 41.1 Å². The number of β-amino-alcohol motifs (C(OH)–C–C–N with tert-alkyl or cyclic N) is 1. The Morgan fingerprint density at radius 3 is 2.70 bits per heavy atom. The molecule has 0 radical (unpaired) electrons. The van der Waals surface area contributed by atoms with Gasteiger partial charge in [-0.3, -0.25) is 10.1 Å². The first-order valence-corrected chi connectivity index (χ1v) is 13.4. The number of fused-ring (bicyclic) bond motifs is 2. The lowest BCUT2D eigenvalue weighted by Crippen LogP contribution is -2.35. The van der Waals surface area contributed by atoms with Crippen LogP contribution in [0.15, 0.2) is 24.4 Å². The van der Waals surface area contributed by atoms with E-state index in [0.717, 1.165) is 40.9 Å². The van der Waals surface area contributed by atoms with E-state index in [1.165, 1.54) is 12.8 Å². The van der Waals surface area contributed by atoms with Crippen LogP contribution < -0.4 is 16.0 Å². The van der Waals surface area contributed by atoms with Crippen molar-refractivity contribution < 1.29 is 15.0 Å². The molecule has 10 nitrogen and oxygen atoms in total.